The molecular formula is C18H27NO6. The molecule has 0 aromatic rings. The van der Waals surface area contributed by atoms with Gasteiger partial charge in [0.15, 0.2) is 11.3 Å². The molecule has 0 amide bonds. The molecule has 1 saturated heterocycles. The topological polar surface area (TPSA) is 96.3 Å². The first-order valence-corrected chi connectivity index (χ1v) is 8.44. The predicted octanol–water partition coefficient (Wildman–Crippen LogP) is 0.759. The molecule has 2 aliphatic rings. The van der Waals surface area contributed by atoms with E-state index < -0.39 is 35.3 Å². The number of carbonyl (C=O) groups excluding carboxylic acids is 2. The van der Waals surface area contributed by atoms with Gasteiger partial charge in [0.25, 0.3) is 0 Å². The summed E-state index contributed by atoms with van der Waals surface area (Å²) in [4.78, 5) is 26.5. The Labute approximate surface area is 147 Å². The third kappa shape index (κ3) is 3.36. The lowest BCUT2D eigenvalue weighted by Crippen LogP contribution is -2.55. The fraction of sp³-hybridized carbons (Fsp3) is 0.667. The molecule has 0 aromatic heterocycles. The van der Waals surface area contributed by atoms with Gasteiger partial charge in [-0.05, 0) is 40.2 Å². The Kier molecular flexibility index (Phi) is 5.41. The smallest absolute Gasteiger partial charge is 0.338 e. The molecule has 0 saturated carbocycles. The van der Waals surface area contributed by atoms with Crippen molar-refractivity contribution >= 4 is 11.9 Å². The van der Waals surface area contributed by atoms with E-state index in [4.69, 9.17) is 9.47 Å². The fourth-order valence-corrected chi connectivity index (χ4v) is 3.17. The summed E-state index contributed by atoms with van der Waals surface area (Å²) in [6.45, 7) is 6.58. The van der Waals surface area contributed by atoms with Gasteiger partial charge < -0.3 is 19.7 Å². The van der Waals surface area contributed by atoms with Crippen LogP contribution in [0.5, 0.6) is 0 Å². The molecule has 7 nitrogen and oxygen atoms in total. The number of fused-ring (bicyclic) bond motifs is 1. The number of hydrogen-bond donors (Lipinski definition) is 2. The van der Waals surface area contributed by atoms with E-state index in [0.717, 1.165) is 0 Å². The Morgan fingerprint density at radius 1 is 1.32 bits per heavy atom. The van der Waals surface area contributed by atoms with E-state index in [2.05, 4.69) is 0 Å². The molecule has 2 rings (SSSR count). The SMILES string of the molecule is CC=C1CC(C)C(C)(O)C(=O)OCC2=CCN(C)C2(O)C(C)OC1=O. The second-order valence-corrected chi connectivity index (χ2v) is 7.03. The number of esters is 2. The zero-order valence-corrected chi connectivity index (χ0v) is 15.4. The predicted molar refractivity (Wildman–Crippen MR) is 90.3 cm³/mol. The minimum absolute atomic E-state index is 0.154. The summed E-state index contributed by atoms with van der Waals surface area (Å²) in [6, 6.07) is 0. The first-order valence-electron chi connectivity index (χ1n) is 8.44. The number of hydrogen-bond acceptors (Lipinski definition) is 7. The van der Waals surface area contributed by atoms with Crippen molar-refractivity contribution in [3.05, 3.63) is 23.3 Å². The Bertz CT molecular complexity index is 623. The number of likely N-dealkylation sites (N-methyl/N-ethyl adjacent to an activating group) is 1. The van der Waals surface area contributed by atoms with Crippen molar-refractivity contribution in [2.75, 3.05) is 20.2 Å². The first-order chi connectivity index (χ1) is 11.5. The molecule has 2 N–H and O–H groups in total. The number of nitrogens with zero attached hydrogens (tertiary/aromatic N) is 1. The lowest BCUT2D eigenvalue weighted by molar-refractivity contribution is -0.181. The molecule has 25 heavy (non-hydrogen) atoms. The number of aliphatic hydroxyl groups is 2. The average molecular weight is 353 g/mol. The van der Waals surface area contributed by atoms with Crippen LogP contribution in [-0.4, -0.2) is 64.7 Å². The minimum Gasteiger partial charge on any atom is -0.459 e. The molecule has 2 aliphatic heterocycles. The van der Waals surface area contributed by atoms with Crippen molar-refractivity contribution in [3.8, 4) is 0 Å². The van der Waals surface area contributed by atoms with Crippen LogP contribution in [0, 0.1) is 5.92 Å². The Morgan fingerprint density at radius 3 is 2.56 bits per heavy atom. The van der Waals surface area contributed by atoms with Gasteiger partial charge in [0.2, 0.25) is 0 Å². The van der Waals surface area contributed by atoms with Gasteiger partial charge >= 0.3 is 11.9 Å². The van der Waals surface area contributed by atoms with Crippen LogP contribution in [0.15, 0.2) is 23.3 Å². The third-order valence-corrected chi connectivity index (χ3v) is 5.39. The maximum absolute atomic E-state index is 12.5. The van der Waals surface area contributed by atoms with E-state index in [1.54, 1.807) is 44.9 Å². The van der Waals surface area contributed by atoms with Crippen LogP contribution < -0.4 is 0 Å². The van der Waals surface area contributed by atoms with E-state index in [1.165, 1.54) is 6.92 Å². The Morgan fingerprint density at radius 2 is 1.96 bits per heavy atom. The van der Waals surface area contributed by atoms with Gasteiger partial charge in [-0.2, -0.15) is 0 Å². The molecule has 4 unspecified atom stereocenters. The zero-order valence-electron chi connectivity index (χ0n) is 15.4. The van der Waals surface area contributed by atoms with Gasteiger partial charge in [0.1, 0.15) is 12.7 Å². The molecule has 0 aliphatic carbocycles. The lowest BCUT2D eigenvalue weighted by Gasteiger charge is -2.39. The summed E-state index contributed by atoms with van der Waals surface area (Å²) in [7, 11) is 1.69. The summed E-state index contributed by atoms with van der Waals surface area (Å²) in [5.74, 6) is -1.90. The van der Waals surface area contributed by atoms with Crippen molar-refractivity contribution in [3.63, 3.8) is 0 Å². The molecule has 4 atom stereocenters. The van der Waals surface area contributed by atoms with Crippen molar-refractivity contribution in [1.82, 2.24) is 4.90 Å². The minimum atomic E-state index is -1.76. The lowest BCUT2D eigenvalue weighted by atomic mass is 9.85. The maximum atomic E-state index is 12.5. The quantitative estimate of drug-likeness (QED) is 0.377. The second kappa shape index (κ2) is 6.90. The molecule has 0 radical (unpaired) electrons. The highest BCUT2D eigenvalue weighted by Crippen LogP contribution is 2.34. The highest BCUT2D eigenvalue weighted by atomic mass is 16.6. The number of carbonyl (C=O) groups is 2. The van der Waals surface area contributed by atoms with Crippen LogP contribution in [-0.2, 0) is 19.1 Å². The fourth-order valence-electron chi connectivity index (χ4n) is 3.17. The third-order valence-electron chi connectivity index (χ3n) is 5.39. The van der Waals surface area contributed by atoms with Gasteiger partial charge in [-0.3, -0.25) is 4.90 Å². The van der Waals surface area contributed by atoms with E-state index in [-0.39, 0.29) is 13.0 Å². The van der Waals surface area contributed by atoms with Crippen molar-refractivity contribution in [2.24, 2.45) is 5.92 Å². The molecule has 2 heterocycles. The summed E-state index contributed by atoms with van der Waals surface area (Å²) in [5.41, 5.74) is -2.56. The first kappa shape index (κ1) is 19.6. The molecule has 1 fully saturated rings. The van der Waals surface area contributed by atoms with E-state index in [9.17, 15) is 19.8 Å². The number of cyclic esters (lactones) is 2. The van der Waals surface area contributed by atoms with E-state index in [0.29, 0.717) is 17.7 Å². The van der Waals surface area contributed by atoms with Crippen LogP contribution >= 0.6 is 0 Å². The molecule has 0 spiro atoms. The number of rotatable bonds is 0. The van der Waals surface area contributed by atoms with Crippen molar-refractivity contribution in [2.45, 2.75) is 51.5 Å². The molecule has 0 bridgehead atoms. The van der Waals surface area contributed by atoms with E-state index in [1.807, 2.05) is 0 Å². The Balaban J connectivity index is 2.43. The maximum Gasteiger partial charge on any atom is 0.338 e. The highest BCUT2D eigenvalue weighted by molar-refractivity contribution is 5.89. The van der Waals surface area contributed by atoms with Crippen molar-refractivity contribution in [1.29, 1.82) is 0 Å². The normalized spacial score (nSPS) is 39.8. The van der Waals surface area contributed by atoms with E-state index >= 15 is 0 Å². The van der Waals surface area contributed by atoms with Crippen LogP contribution in [0.3, 0.4) is 0 Å². The average Bonchev–Trinajstić information content (AvgIpc) is 2.85. The van der Waals surface area contributed by atoms with Gasteiger partial charge in [-0.25, -0.2) is 9.59 Å². The van der Waals surface area contributed by atoms with Crippen molar-refractivity contribution < 1.29 is 29.3 Å². The van der Waals surface area contributed by atoms with Crippen LogP contribution in [0.2, 0.25) is 0 Å². The zero-order chi connectivity index (χ0) is 19.0. The van der Waals surface area contributed by atoms with Gasteiger partial charge in [0, 0.05) is 17.7 Å². The van der Waals surface area contributed by atoms with Gasteiger partial charge in [-0.15, -0.1) is 0 Å². The molecule has 0 aromatic carbocycles. The standard InChI is InChI=1S/C18H27NO6/c1-6-13-9-11(2)17(4,22)16(21)24-10-14-7-8-19(5)18(14,23)12(3)25-15(13)20/h6-7,11-12,22-23H,8-10H2,1-5H3. The molecule has 140 valence electrons. The second-order valence-electron chi connectivity index (χ2n) is 7.03. The summed E-state index contributed by atoms with van der Waals surface area (Å²) >= 11 is 0. The van der Waals surface area contributed by atoms with Gasteiger partial charge in [0.05, 0.1) is 0 Å². The van der Waals surface area contributed by atoms with Crippen LogP contribution in [0.4, 0.5) is 0 Å². The van der Waals surface area contributed by atoms with Crippen LogP contribution in [0.25, 0.3) is 0 Å². The summed E-state index contributed by atoms with van der Waals surface area (Å²) in [6.07, 6.45) is 2.62. The number of allylic oxidation sites excluding steroid dienone is 1. The molecule has 7 heteroatoms. The summed E-state index contributed by atoms with van der Waals surface area (Å²) < 4.78 is 10.8. The van der Waals surface area contributed by atoms with Gasteiger partial charge in [-0.1, -0.05) is 19.1 Å². The number of ether oxygens (including phenoxy) is 2. The molecular weight excluding hydrogens is 326 g/mol. The monoisotopic (exact) mass is 353 g/mol. The largest absolute Gasteiger partial charge is 0.459 e. The highest BCUT2D eigenvalue weighted by Gasteiger charge is 2.49. The summed E-state index contributed by atoms with van der Waals surface area (Å²) in [5, 5.41) is 21.6. The Hall–Kier alpha value is -1.70. The van der Waals surface area contributed by atoms with Crippen LogP contribution in [0.1, 0.15) is 34.1 Å².